The van der Waals surface area contributed by atoms with Crippen LogP contribution in [0, 0.1) is 6.92 Å². The van der Waals surface area contributed by atoms with Gasteiger partial charge < -0.3 is 4.74 Å². The second-order valence-corrected chi connectivity index (χ2v) is 3.99. The average Bonchev–Trinajstić information content (AvgIpc) is 2.18. The van der Waals surface area contributed by atoms with Crippen molar-refractivity contribution in [3.8, 4) is 5.75 Å². The van der Waals surface area contributed by atoms with E-state index in [2.05, 4.69) is 39.0 Å². The zero-order chi connectivity index (χ0) is 11.3. The summed E-state index contributed by atoms with van der Waals surface area (Å²) in [5, 5.41) is 0. The van der Waals surface area contributed by atoms with E-state index in [9.17, 15) is 0 Å². The number of hydrogen-bond donors (Lipinski definition) is 0. The summed E-state index contributed by atoms with van der Waals surface area (Å²) in [6, 6.07) is 6.48. The van der Waals surface area contributed by atoms with Crippen molar-refractivity contribution in [3.05, 3.63) is 36.2 Å². The third kappa shape index (κ3) is 3.58. The Kier molecular flexibility index (Phi) is 4.67. The Morgan fingerprint density at radius 2 is 2.00 bits per heavy atom. The van der Waals surface area contributed by atoms with Gasteiger partial charge in [0, 0.05) is 0 Å². The molecule has 0 aliphatic rings. The Labute approximate surface area is 93.5 Å². The highest BCUT2D eigenvalue weighted by Gasteiger charge is 2.04. The van der Waals surface area contributed by atoms with Crippen LogP contribution in [0.3, 0.4) is 0 Å². The molecule has 1 nitrogen and oxygen atoms in total. The maximum Gasteiger partial charge on any atom is 0.119 e. The molecule has 0 N–H and O–H groups in total. The minimum atomic E-state index is 0.320. The zero-order valence-electron chi connectivity index (χ0n) is 10.0. The number of aryl methyl sites for hydroxylation is 1. The summed E-state index contributed by atoms with van der Waals surface area (Å²) >= 11 is 0. The van der Waals surface area contributed by atoms with Crippen molar-refractivity contribution in [2.75, 3.05) is 6.61 Å². The quantitative estimate of drug-likeness (QED) is 0.706. The van der Waals surface area contributed by atoms with Gasteiger partial charge in [-0.25, -0.2) is 0 Å². The number of rotatable bonds is 5. The molecule has 1 unspecified atom stereocenters. The lowest BCUT2D eigenvalue weighted by Crippen LogP contribution is -1.97. The van der Waals surface area contributed by atoms with Gasteiger partial charge >= 0.3 is 0 Å². The van der Waals surface area contributed by atoms with Gasteiger partial charge in [-0.3, -0.25) is 0 Å². The number of benzene rings is 1. The van der Waals surface area contributed by atoms with Crippen molar-refractivity contribution in [1.82, 2.24) is 0 Å². The van der Waals surface area contributed by atoms with Gasteiger partial charge in [0.2, 0.25) is 0 Å². The summed E-state index contributed by atoms with van der Waals surface area (Å²) < 4.78 is 5.56. The maximum absolute atomic E-state index is 5.56. The van der Waals surface area contributed by atoms with Crippen molar-refractivity contribution in [1.29, 1.82) is 0 Å². The third-order valence-corrected chi connectivity index (χ3v) is 2.41. The second kappa shape index (κ2) is 5.79. The van der Waals surface area contributed by atoms with Crippen LogP contribution in [0.15, 0.2) is 18.2 Å². The van der Waals surface area contributed by atoms with Crippen molar-refractivity contribution >= 4 is 0 Å². The van der Waals surface area contributed by atoms with Crippen LogP contribution in [0.1, 0.15) is 44.2 Å². The Morgan fingerprint density at radius 1 is 1.27 bits per heavy atom. The molecule has 1 atom stereocenters. The topological polar surface area (TPSA) is 9.23 Å². The van der Waals surface area contributed by atoms with Crippen molar-refractivity contribution in [3.63, 3.8) is 0 Å². The van der Waals surface area contributed by atoms with E-state index in [1.807, 2.05) is 6.92 Å². The van der Waals surface area contributed by atoms with Crippen molar-refractivity contribution in [2.45, 2.75) is 39.5 Å². The minimum Gasteiger partial charge on any atom is -0.494 e. The SMILES string of the molecule is [CH2]C(C)c1cc(CCC)cc(OCC)c1. The summed E-state index contributed by atoms with van der Waals surface area (Å²) in [5.41, 5.74) is 2.62. The number of hydrogen-bond acceptors (Lipinski definition) is 1. The molecule has 15 heavy (non-hydrogen) atoms. The monoisotopic (exact) mass is 205 g/mol. The number of ether oxygens (including phenoxy) is 1. The molecule has 83 valence electrons. The van der Waals surface area contributed by atoms with E-state index >= 15 is 0 Å². The lowest BCUT2D eigenvalue weighted by Gasteiger charge is -2.12. The van der Waals surface area contributed by atoms with E-state index in [-0.39, 0.29) is 0 Å². The molecule has 0 heterocycles. The lowest BCUT2D eigenvalue weighted by atomic mass is 9.98. The van der Waals surface area contributed by atoms with Gasteiger partial charge in [-0.1, -0.05) is 26.3 Å². The zero-order valence-corrected chi connectivity index (χ0v) is 10.0. The molecule has 1 heteroatoms. The Balaban J connectivity index is 2.97. The van der Waals surface area contributed by atoms with E-state index in [4.69, 9.17) is 4.74 Å². The molecular weight excluding hydrogens is 184 g/mol. The first-order valence-corrected chi connectivity index (χ1v) is 5.77. The van der Waals surface area contributed by atoms with Crippen LogP contribution in [-0.2, 0) is 6.42 Å². The summed E-state index contributed by atoms with van der Waals surface area (Å²) in [6.45, 7) is 11.1. The fourth-order valence-electron chi connectivity index (χ4n) is 1.65. The summed E-state index contributed by atoms with van der Waals surface area (Å²) in [6.07, 6.45) is 2.28. The summed E-state index contributed by atoms with van der Waals surface area (Å²) in [4.78, 5) is 0. The second-order valence-electron chi connectivity index (χ2n) is 3.99. The molecule has 0 saturated heterocycles. The van der Waals surface area contributed by atoms with E-state index in [0.717, 1.165) is 18.8 Å². The van der Waals surface area contributed by atoms with Crippen molar-refractivity contribution in [2.24, 2.45) is 0 Å². The smallest absolute Gasteiger partial charge is 0.119 e. The van der Waals surface area contributed by atoms with Gasteiger partial charge in [-0.05, 0) is 49.4 Å². The molecule has 0 amide bonds. The van der Waals surface area contributed by atoms with Gasteiger partial charge in [-0.15, -0.1) is 0 Å². The fourth-order valence-corrected chi connectivity index (χ4v) is 1.65. The molecule has 0 spiro atoms. The van der Waals surface area contributed by atoms with E-state index in [0.29, 0.717) is 5.92 Å². The normalized spacial score (nSPS) is 10.7. The minimum absolute atomic E-state index is 0.320. The van der Waals surface area contributed by atoms with Crippen LogP contribution < -0.4 is 4.74 Å². The molecule has 1 aromatic carbocycles. The van der Waals surface area contributed by atoms with E-state index in [1.165, 1.54) is 17.5 Å². The Morgan fingerprint density at radius 3 is 2.53 bits per heavy atom. The Bertz CT molecular complexity index is 278. The molecule has 0 aromatic heterocycles. The molecular formula is C14H21O. The largest absolute Gasteiger partial charge is 0.494 e. The molecule has 0 fully saturated rings. The van der Waals surface area contributed by atoms with Crippen molar-refractivity contribution < 1.29 is 4.74 Å². The fraction of sp³-hybridized carbons (Fsp3) is 0.500. The molecule has 1 rings (SSSR count). The van der Waals surface area contributed by atoms with E-state index < -0.39 is 0 Å². The standard InChI is InChI=1S/C14H21O/c1-5-7-12-8-13(11(3)4)10-14(9-12)15-6-2/h8-11H,3,5-7H2,1-2,4H3. The molecule has 0 saturated carbocycles. The highest BCUT2D eigenvalue weighted by molar-refractivity contribution is 5.36. The van der Waals surface area contributed by atoms with Crippen LogP contribution in [0.2, 0.25) is 0 Å². The average molecular weight is 205 g/mol. The van der Waals surface area contributed by atoms with E-state index in [1.54, 1.807) is 0 Å². The molecule has 0 aliphatic carbocycles. The lowest BCUT2D eigenvalue weighted by molar-refractivity contribution is 0.339. The van der Waals surface area contributed by atoms with Crippen LogP contribution in [-0.4, -0.2) is 6.61 Å². The van der Waals surface area contributed by atoms with Gasteiger partial charge in [-0.2, -0.15) is 0 Å². The third-order valence-electron chi connectivity index (χ3n) is 2.41. The van der Waals surface area contributed by atoms with Crippen LogP contribution in [0.5, 0.6) is 5.75 Å². The molecule has 0 aliphatic heterocycles. The first-order valence-electron chi connectivity index (χ1n) is 5.77. The highest BCUT2D eigenvalue weighted by Crippen LogP contribution is 2.23. The van der Waals surface area contributed by atoms with Gasteiger partial charge in [0.05, 0.1) is 6.61 Å². The van der Waals surface area contributed by atoms with Gasteiger partial charge in [0.1, 0.15) is 5.75 Å². The highest BCUT2D eigenvalue weighted by atomic mass is 16.5. The van der Waals surface area contributed by atoms with Crippen LogP contribution >= 0.6 is 0 Å². The first kappa shape index (κ1) is 12.1. The Hall–Kier alpha value is -0.980. The van der Waals surface area contributed by atoms with Crippen LogP contribution in [0.4, 0.5) is 0 Å². The predicted octanol–water partition coefficient (Wildman–Crippen LogP) is 3.98. The predicted molar refractivity (Wildman–Crippen MR) is 65.4 cm³/mol. The van der Waals surface area contributed by atoms with Crippen LogP contribution in [0.25, 0.3) is 0 Å². The summed E-state index contributed by atoms with van der Waals surface area (Å²) in [7, 11) is 0. The molecule has 0 bridgehead atoms. The first-order chi connectivity index (χ1) is 7.17. The van der Waals surface area contributed by atoms with Gasteiger partial charge in [0.25, 0.3) is 0 Å². The maximum atomic E-state index is 5.56. The molecule has 1 aromatic rings. The molecule has 1 radical (unpaired) electrons. The summed E-state index contributed by atoms with van der Waals surface area (Å²) in [5.74, 6) is 1.30. The van der Waals surface area contributed by atoms with Gasteiger partial charge in [0.15, 0.2) is 0 Å².